The Bertz CT molecular complexity index is 452. The van der Waals surface area contributed by atoms with Crippen molar-refractivity contribution in [2.45, 2.75) is 25.7 Å². The van der Waals surface area contributed by atoms with E-state index in [2.05, 4.69) is 29.2 Å². The van der Waals surface area contributed by atoms with Gasteiger partial charge < -0.3 is 14.4 Å². The first kappa shape index (κ1) is 12.7. The Morgan fingerprint density at radius 2 is 2.21 bits per heavy atom. The first-order chi connectivity index (χ1) is 9.33. The largest absolute Gasteiger partial charge is 0.380 e. The molecule has 0 aromatic heterocycles. The van der Waals surface area contributed by atoms with Crippen molar-refractivity contribution < 1.29 is 9.53 Å². The van der Waals surface area contributed by atoms with E-state index >= 15 is 0 Å². The molecule has 0 saturated carbocycles. The van der Waals surface area contributed by atoms with Gasteiger partial charge in [-0.05, 0) is 37.3 Å². The lowest BCUT2D eigenvalue weighted by Crippen LogP contribution is -2.40. The SMILES string of the molecule is O=CC1(CN2CCCCc3ccccc32)CCOC1. The monoisotopic (exact) mass is 259 g/mol. The average Bonchev–Trinajstić information content (AvgIpc) is 2.83. The van der Waals surface area contributed by atoms with Gasteiger partial charge in [-0.25, -0.2) is 0 Å². The maximum absolute atomic E-state index is 11.5. The van der Waals surface area contributed by atoms with Gasteiger partial charge in [-0.2, -0.15) is 0 Å². The third-order valence-corrected chi connectivity index (χ3v) is 4.35. The highest BCUT2D eigenvalue weighted by Gasteiger charge is 2.37. The van der Waals surface area contributed by atoms with E-state index in [1.54, 1.807) is 0 Å². The van der Waals surface area contributed by atoms with E-state index in [9.17, 15) is 4.79 Å². The predicted molar refractivity (Wildman–Crippen MR) is 75.5 cm³/mol. The number of rotatable bonds is 3. The molecule has 2 aliphatic heterocycles. The second-order valence-corrected chi connectivity index (χ2v) is 5.79. The fourth-order valence-electron chi connectivity index (χ4n) is 3.19. The van der Waals surface area contributed by atoms with Crippen LogP contribution in [-0.2, 0) is 16.0 Å². The minimum absolute atomic E-state index is 0.294. The standard InChI is InChI=1S/C16H21NO2/c18-12-16(8-10-19-13-16)11-17-9-4-3-6-14-5-1-2-7-15(14)17/h1-2,5,7,12H,3-4,6,8-11,13H2. The summed E-state index contributed by atoms with van der Waals surface area (Å²) in [6.45, 7) is 3.14. The summed E-state index contributed by atoms with van der Waals surface area (Å²) in [6.07, 6.45) is 5.56. The highest BCUT2D eigenvalue weighted by atomic mass is 16.5. The molecule has 3 nitrogen and oxygen atoms in total. The van der Waals surface area contributed by atoms with Crippen LogP contribution in [0.4, 0.5) is 5.69 Å². The Kier molecular flexibility index (Phi) is 3.56. The molecule has 1 aromatic carbocycles. The van der Waals surface area contributed by atoms with E-state index in [1.807, 2.05) is 0 Å². The van der Waals surface area contributed by atoms with Gasteiger partial charge in [-0.15, -0.1) is 0 Å². The third kappa shape index (κ3) is 2.52. The van der Waals surface area contributed by atoms with Gasteiger partial charge in [0.25, 0.3) is 0 Å². The van der Waals surface area contributed by atoms with Crippen molar-refractivity contribution in [2.24, 2.45) is 5.41 Å². The molecule has 2 aliphatic rings. The molecule has 0 N–H and O–H groups in total. The number of ether oxygens (including phenoxy) is 1. The summed E-state index contributed by atoms with van der Waals surface area (Å²) in [6, 6.07) is 8.60. The molecule has 1 aromatic rings. The van der Waals surface area contributed by atoms with Gasteiger partial charge in [0, 0.05) is 25.4 Å². The summed E-state index contributed by atoms with van der Waals surface area (Å²) in [4.78, 5) is 13.9. The fraction of sp³-hybridized carbons (Fsp3) is 0.562. The number of nitrogens with zero attached hydrogens (tertiary/aromatic N) is 1. The van der Waals surface area contributed by atoms with Gasteiger partial charge in [-0.3, -0.25) is 0 Å². The third-order valence-electron chi connectivity index (χ3n) is 4.35. The fourth-order valence-corrected chi connectivity index (χ4v) is 3.19. The predicted octanol–water partition coefficient (Wildman–Crippen LogP) is 2.43. The molecule has 1 atom stereocenters. The van der Waals surface area contributed by atoms with Crippen LogP contribution in [0.1, 0.15) is 24.8 Å². The Morgan fingerprint density at radius 1 is 1.32 bits per heavy atom. The quantitative estimate of drug-likeness (QED) is 0.781. The van der Waals surface area contributed by atoms with Crippen molar-refractivity contribution in [2.75, 3.05) is 31.2 Å². The Hall–Kier alpha value is -1.35. The number of fused-ring (bicyclic) bond motifs is 1. The first-order valence-corrected chi connectivity index (χ1v) is 7.20. The highest BCUT2D eigenvalue weighted by Crippen LogP contribution is 2.32. The molecule has 0 aliphatic carbocycles. The first-order valence-electron chi connectivity index (χ1n) is 7.20. The summed E-state index contributed by atoms with van der Waals surface area (Å²) < 4.78 is 5.45. The van der Waals surface area contributed by atoms with Gasteiger partial charge in [0.05, 0.1) is 12.0 Å². The van der Waals surface area contributed by atoms with Crippen molar-refractivity contribution in [1.82, 2.24) is 0 Å². The summed E-state index contributed by atoms with van der Waals surface area (Å²) in [5.41, 5.74) is 2.44. The Labute approximate surface area is 114 Å². The van der Waals surface area contributed by atoms with Crippen LogP contribution in [0, 0.1) is 5.41 Å². The van der Waals surface area contributed by atoms with Gasteiger partial charge in [0.15, 0.2) is 0 Å². The van der Waals surface area contributed by atoms with Gasteiger partial charge in [-0.1, -0.05) is 18.2 Å². The molecule has 0 amide bonds. The van der Waals surface area contributed by atoms with Crippen LogP contribution in [0.5, 0.6) is 0 Å². The molecule has 3 rings (SSSR count). The van der Waals surface area contributed by atoms with Crippen molar-refractivity contribution in [1.29, 1.82) is 0 Å². The molecule has 0 bridgehead atoms. The van der Waals surface area contributed by atoms with E-state index < -0.39 is 0 Å². The number of anilines is 1. The van der Waals surface area contributed by atoms with Crippen LogP contribution in [-0.4, -0.2) is 32.6 Å². The highest BCUT2D eigenvalue weighted by molar-refractivity contribution is 5.63. The number of hydrogen-bond acceptors (Lipinski definition) is 3. The van der Waals surface area contributed by atoms with Crippen molar-refractivity contribution in [3.05, 3.63) is 29.8 Å². The number of benzene rings is 1. The molecular formula is C16H21NO2. The van der Waals surface area contributed by atoms with Gasteiger partial charge >= 0.3 is 0 Å². The molecule has 0 spiro atoms. The van der Waals surface area contributed by atoms with E-state index in [-0.39, 0.29) is 5.41 Å². The van der Waals surface area contributed by atoms with Crippen LogP contribution in [0.2, 0.25) is 0 Å². The Morgan fingerprint density at radius 3 is 3.00 bits per heavy atom. The molecule has 2 heterocycles. The van der Waals surface area contributed by atoms with E-state index in [0.29, 0.717) is 13.2 Å². The molecule has 1 fully saturated rings. The number of hydrogen-bond donors (Lipinski definition) is 0. The second-order valence-electron chi connectivity index (χ2n) is 5.79. The lowest BCUT2D eigenvalue weighted by molar-refractivity contribution is -0.115. The minimum atomic E-state index is -0.294. The Balaban J connectivity index is 1.86. The molecule has 19 heavy (non-hydrogen) atoms. The van der Waals surface area contributed by atoms with E-state index in [0.717, 1.165) is 32.2 Å². The number of carbonyl (C=O) groups excluding carboxylic acids is 1. The average molecular weight is 259 g/mol. The van der Waals surface area contributed by atoms with Crippen LogP contribution in [0.15, 0.2) is 24.3 Å². The number of para-hydroxylation sites is 1. The maximum atomic E-state index is 11.5. The molecule has 3 heteroatoms. The van der Waals surface area contributed by atoms with E-state index in [4.69, 9.17) is 4.74 Å². The molecule has 1 saturated heterocycles. The van der Waals surface area contributed by atoms with Crippen molar-refractivity contribution >= 4 is 12.0 Å². The zero-order chi connectivity index (χ0) is 13.1. The number of carbonyl (C=O) groups is 1. The molecule has 0 radical (unpaired) electrons. The lowest BCUT2D eigenvalue weighted by atomic mass is 9.88. The van der Waals surface area contributed by atoms with Crippen LogP contribution >= 0.6 is 0 Å². The van der Waals surface area contributed by atoms with Crippen LogP contribution in [0.3, 0.4) is 0 Å². The van der Waals surface area contributed by atoms with Gasteiger partial charge in [0.1, 0.15) is 6.29 Å². The topological polar surface area (TPSA) is 29.5 Å². The molecular weight excluding hydrogens is 238 g/mol. The zero-order valence-corrected chi connectivity index (χ0v) is 11.3. The summed E-state index contributed by atoms with van der Waals surface area (Å²) in [7, 11) is 0. The van der Waals surface area contributed by atoms with Crippen molar-refractivity contribution in [3.63, 3.8) is 0 Å². The van der Waals surface area contributed by atoms with E-state index in [1.165, 1.54) is 24.1 Å². The zero-order valence-electron chi connectivity index (χ0n) is 11.3. The molecule has 102 valence electrons. The van der Waals surface area contributed by atoms with Crippen molar-refractivity contribution in [3.8, 4) is 0 Å². The summed E-state index contributed by atoms with van der Waals surface area (Å²) in [5, 5.41) is 0. The van der Waals surface area contributed by atoms with Crippen LogP contribution < -0.4 is 4.90 Å². The number of aryl methyl sites for hydroxylation is 1. The number of aldehydes is 1. The van der Waals surface area contributed by atoms with Gasteiger partial charge in [0.2, 0.25) is 0 Å². The lowest BCUT2D eigenvalue weighted by Gasteiger charge is -2.32. The van der Waals surface area contributed by atoms with Crippen LogP contribution in [0.25, 0.3) is 0 Å². The maximum Gasteiger partial charge on any atom is 0.130 e. The smallest absolute Gasteiger partial charge is 0.130 e. The minimum Gasteiger partial charge on any atom is -0.380 e. The summed E-state index contributed by atoms with van der Waals surface area (Å²) >= 11 is 0. The summed E-state index contributed by atoms with van der Waals surface area (Å²) in [5.74, 6) is 0. The molecule has 1 unspecified atom stereocenters. The normalized spacial score (nSPS) is 26.8. The second kappa shape index (κ2) is 5.33.